The molecule has 0 aromatic rings. The average molecular weight is 335 g/mol. The smallest absolute Gasteiger partial charge is 0.335 e. The van der Waals surface area contributed by atoms with Gasteiger partial charge in [-0.3, -0.25) is 4.79 Å². The van der Waals surface area contributed by atoms with Crippen LogP contribution in [-0.4, -0.2) is 37.2 Å². The fourth-order valence-corrected chi connectivity index (χ4v) is 6.14. The van der Waals surface area contributed by atoms with E-state index in [0.29, 0.717) is 13.0 Å². The second kappa shape index (κ2) is 6.32. The largest absolute Gasteiger partial charge is 0.454 e. The Labute approximate surface area is 143 Å². The van der Waals surface area contributed by atoms with Crippen molar-refractivity contribution < 1.29 is 19.1 Å². The molecule has 5 fully saturated rings. The molecular formula is C19H29NO4. The maximum atomic E-state index is 12.2. The van der Waals surface area contributed by atoms with Crippen LogP contribution in [0, 0.1) is 23.2 Å². The van der Waals surface area contributed by atoms with E-state index in [1.807, 2.05) is 0 Å². The van der Waals surface area contributed by atoms with Crippen molar-refractivity contribution >= 4 is 11.9 Å². The molecule has 5 nitrogen and oxygen atoms in total. The summed E-state index contributed by atoms with van der Waals surface area (Å²) in [5, 5.41) is 3.13. The highest BCUT2D eigenvalue weighted by atomic mass is 16.6. The van der Waals surface area contributed by atoms with Gasteiger partial charge in [-0.05, 0) is 81.5 Å². The highest BCUT2D eigenvalue weighted by molar-refractivity contribution is 5.82. The molecule has 5 aliphatic rings. The normalized spacial score (nSPS) is 41.2. The van der Waals surface area contributed by atoms with Gasteiger partial charge in [0.1, 0.15) is 0 Å². The number of ether oxygens (including phenoxy) is 2. The predicted octanol–water partition coefficient (Wildman–Crippen LogP) is 2.43. The van der Waals surface area contributed by atoms with Crippen molar-refractivity contribution in [3.05, 3.63) is 0 Å². The first kappa shape index (κ1) is 16.4. The fraction of sp³-hybridized carbons (Fsp3) is 0.895. The van der Waals surface area contributed by atoms with Crippen molar-refractivity contribution in [1.82, 2.24) is 5.32 Å². The van der Waals surface area contributed by atoms with Crippen LogP contribution in [0.2, 0.25) is 0 Å². The van der Waals surface area contributed by atoms with E-state index < -0.39 is 12.1 Å². The summed E-state index contributed by atoms with van der Waals surface area (Å²) in [6.07, 6.45) is 9.09. The van der Waals surface area contributed by atoms with Crippen LogP contribution in [-0.2, 0) is 19.1 Å². The molecule has 24 heavy (non-hydrogen) atoms. The van der Waals surface area contributed by atoms with Crippen LogP contribution in [0.15, 0.2) is 0 Å². The summed E-state index contributed by atoms with van der Waals surface area (Å²) >= 11 is 0. The van der Waals surface area contributed by atoms with Crippen LogP contribution < -0.4 is 5.32 Å². The van der Waals surface area contributed by atoms with Gasteiger partial charge in [0.05, 0.1) is 0 Å². The van der Waals surface area contributed by atoms with Gasteiger partial charge >= 0.3 is 5.97 Å². The van der Waals surface area contributed by atoms with Crippen molar-refractivity contribution in [2.24, 2.45) is 23.2 Å². The molecule has 0 spiro atoms. The summed E-state index contributed by atoms with van der Waals surface area (Å²) in [6.45, 7) is 2.57. The molecule has 2 atom stereocenters. The summed E-state index contributed by atoms with van der Waals surface area (Å²) in [4.78, 5) is 24.1. The fourth-order valence-electron chi connectivity index (χ4n) is 6.14. The van der Waals surface area contributed by atoms with E-state index in [9.17, 15) is 9.59 Å². The number of nitrogens with one attached hydrogen (secondary N) is 1. The van der Waals surface area contributed by atoms with Gasteiger partial charge in [0.25, 0.3) is 5.91 Å². The zero-order chi connectivity index (χ0) is 16.7. The predicted molar refractivity (Wildman–Crippen MR) is 88.1 cm³/mol. The van der Waals surface area contributed by atoms with Crippen LogP contribution in [0.3, 0.4) is 0 Å². The number of hydrogen-bond acceptors (Lipinski definition) is 4. The summed E-state index contributed by atoms with van der Waals surface area (Å²) in [7, 11) is 0. The Bertz CT molecular complexity index is 476. The second-order valence-electron chi connectivity index (χ2n) is 8.68. The first-order chi connectivity index (χ1) is 11.5. The van der Waals surface area contributed by atoms with E-state index in [0.717, 1.165) is 24.2 Å². The molecule has 0 aromatic carbocycles. The van der Waals surface area contributed by atoms with Crippen LogP contribution in [0.25, 0.3) is 0 Å². The van der Waals surface area contributed by atoms with Crippen molar-refractivity contribution in [3.63, 3.8) is 0 Å². The van der Waals surface area contributed by atoms with Crippen LogP contribution >= 0.6 is 0 Å². The lowest BCUT2D eigenvalue weighted by atomic mass is 9.48. The molecule has 134 valence electrons. The van der Waals surface area contributed by atoms with Gasteiger partial charge in [0.2, 0.25) is 0 Å². The molecule has 4 bridgehead atoms. The number of carbonyl (C=O) groups is 2. The van der Waals surface area contributed by atoms with Crippen LogP contribution in [0.4, 0.5) is 0 Å². The topological polar surface area (TPSA) is 64.6 Å². The maximum absolute atomic E-state index is 12.2. The molecule has 4 saturated carbocycles. The van der Waals surface area contributed by atoms with Gasteiger partial charge in [-0.25, -0.2) is 4.79 Å². The molecule has 1 amide bonds. The van der Waals surface area contributed by atoms with Crippen molar-refractivity contribution in [1.29, 1.82) is 0 Å². The van der Waals surface area contributed by atoms with Crippen molar-refractivity contribution in [3.8, 4) is 0 Å². The van der Waals surface area contributed by atoms with E-state index in [1.165, 1.54) is 38.5 Å². The molecule has 1 heterocycles. The first-order valence-corrected chi connectivity index (χ1v) is 9.62. The van der Waals surface area contributed by atoms with Gasteiger partial charge < -0.3 is 14.8 Å². The van der Waals surface area contributed by atoms with Crippen molar-refractivity contribution in [2.75, 3.05) is 13.2 Å². The molecular weight excluding hydrogens is 306 g/mol. The van der Waals surface area contributed by atoms with Gasteiger partial charge in [0, 0.05) is 12.6 Å². The zero-order valence-corrected chi connectivity index (χ0v) is 14.6. The maximum Gasteiger partial charge on any atom is 0.335 e. The summed E-state index contributed by atoms with van der Waals surface area (Å²) in [5.74, 6) is 2.03. The van der Waals surface area contributed by atoms with Crippen LogP contribution in [0.5, 0.6) is 0 Å². The van der Waals surface area contributed by atoms with Gasteiger partial charge in [-0.1, -0.05) is 0 Å². The number of esters is 1. The van der Waals surface area contributed by atoms with E-state index in [-0.39, 0.29) is 24.0 Å². The Morgan fingerprint density at radius 3 is 2.33 bits per heavy atom. The van der Waals surface area contributed by atoms with Crippen molar-refractivity contribution in [2.45, 2.75) is 70.4 Å². The van der Waals surface area contributed by atoms with E-state index >= 15 is 0 Å². The van der Waals surface area contributed by atoms with Gasteiger partial charge in [-0.15, -0.1) is 0 Å². The Kier molecular flexibility index (Phi) is 4.31. The summed E-state index contributed by atoms with van der Waals surface area (Å²) in [6, 6.07) is 0.167. The minimum atomic E-state index is -0.474. The zero-order valence-electron chi connectivity index (χ0n) is 14.6. The monoisotopic (exact) mass is 335 g/mol. The third kappa shape index (κ3) is 3.07. The molecule has 5 rings (SSSR count). The molecule has 1 aliphatic heterocycles. The van der Waals surface area contributed by atoms with Gasteiger partial charge in [-0.2, -0.15) is 0 Å². The summed E-state index contributed by atoms with van der Waals surface area (Å²) in [5.41, 5.74) is 0.281. The van der Waals surface area contributed by atoms with E-state index in [4.69, 9.17) is 9.47 Å². The lowest BCUT2D eigenvalue weighted by molar-refractivity contribution is -0.158. The molecule has 1 saturated heterocycles. The SMILES string of the molecule is C[C@@H](NC(=O)COC(=O)[C@H]1CCCO1)C12CC3CC(CC(C3)C1)C2. The highest BCUT2D eigenvalue weighted by Gasteiger charge is 2.53. The number of carbonyl (C=O) groups excluding carboxylic acids is 2. The molecule has 5 heteroatoms. The van der Waals surface area contributed by atoms with Gasteiger partial charge in [0.15, 0.2) is 12.7 Å². The number of hydrogen-bond donors (Lipinski definition) is 1. The molecule has 0 aromatic heterocycles. The minimum absolute atomic E-state index is 0.167. The molecule has 1 N–H and O–H groups in total. The summed E-state index contributed by atoms with van der Waals surface area (Å²) < 4.78 is 10.4. The first-order valence-electron chi connectivity index (χ1n) is 9.62. The number of rotatable bonds is 5. The van der Waals surface area contributed by atoms with E-state index in [2.05, 4.69) is 12.2 Å². The average Bonchev–Trinajstić information content (AvgIpc) is 3.05. The number of amides is 1. The Morgan fingerprint density at radius 2 is 1.79 bits per heavy atom. The molecule has 0 unspecified atom stereocenters. The standard InChI is InChI=1S/C19H29NO4/c1-12(19-8-13-5-14(9-19)7-15(6-13)10-19)20-17(21)11-24-18(22)16-3-2-4-23-16/h12-16H,2-11H2,1H3,(H,20,21)/t12-,13?,14?,15?,16-,19?/m1/s1. The Morgan fingerprint density at radius 1 is 1.17 bits per heavy atom. The second-order valence-corrected chi connectivity index (χ2v) is 8.68. The quantitative estimate of drug-likeness (QED) is 0.784. The minimum Gasteiger partial charge on any atom is -0.454 e. The lowest BCUT2D eigenvalue weighted by Gasteiger charge is -2.59. The molecule has 0 radical (unpaired) electrons. The molecule has 4 aliphatic carbocycles. The third-order valence-corrected chi connectivity index (χ3v) is 6.92. The van der Waals surface area contributed by atoms with Crippen LogP contribution in [0.1, 0.15) is 58.3 Å². The Balaban J connectivity index is 1.28. The third-order valence-electron chi connectivity index (χ3n) is 6.92. The van der Waals surface area contributed by atoms with E-state index in [1.54, 1.807) is 0 Å². The highest BCUT2D eigenvalue weighted by Crippen LogP contribution is 2.61. The Hall–Kier alpha value is -1.10. The lowest BCUT2D eigenvalue weighted by Crippen LogP contribution is -2.56.